The summed E-state index contributed by atoms with van der Waals surface area (Å²) in [5.74, 6) is -0.107. The largest absolute Gasteiger partial charge is 0.277 e. The third-order valence-corrected chi connectivity index (χ3v) is 6.13. The van der Waals surface area contributed by atoms with E-state index < -0.39 is 5.41 Å². The van der Waals surface area contributed by atoms with Gasteiger partial charge in [0, 0.05) is 12.0 Å². The molecule has 136 valence electrons. The van der Waals surface area contributed by atoms with Crippen molar-refractivity contribution >= 4 is 23.4 Å². The first-order valence-corrected chi connectivity index (χ1v) is 9.54. The third kappa shape index (κ3) is 2.75. The molecule has 2 aromatic rings. The van der Waals surface area contributed by atoms with Crippen LogP contribution in [0.25, 0.3) is 5.69 Å². The average molecular weight is 372 g/mol. The van der Waals surface area contributed by atoms with Gasteiger partial charge in [0.1, 0.15) is 5.15 Å². The Balaban J connectivity index is 1.63. The van der Waals surface area contributed by atoms with E-state index in [1.54, 1.807) is 4.68 Å². The molecule has 2 fully saturated rings. The fourth-order valence-electron chi connectivity index (χ4n) is 4.25. The molecule has 2 aliphatic rings. The monoisotopic (exact) mass is 371 g/mol. The number of hydrogen-bond donors (Lipinski definition) is 0. The fourth-order valence-corrected chi connectivity index (χ4v) is 4.58. The second-order valence-corrected chi connectivity index (χ2v) is 7.76. The maximum atomic E-state index is 13.0. The van der Waals surface area contributed by atoms with Gasteiger partial charge in [0.25, 0.3) is 0 Å². The van der Waals surface area contributed by atoms with Crippen LogP contribution in [-0.4, -0.2) is 26.5 Å². The normalized spacial score (nSPS) is 19.5. The van der Waals surface area contributed by atoms with Crippen LogP contribution in [-0.2, 0) is 16.1 Å². The van der Waals surface area contributed by atoms with Gasteiger partial charge >= 0.3 is 0 Å². The Bertz CT molecular complexity index is 853. The summed E-state index contributed by atoms with van der Waals surface area (Å²) in [6.07, 6.45) is 5.19. The number of likely N-dealkylation sites (tertiary alicyclic amines) is 1. The standard InChI is InChI=1S/C20H22ClN3O2/c1-14-16(18(21)24(22-14)15-8-4-2-5-9-15)13-23-17(25)12-20(19(23)26)10-6-3-7-11-20/h2,4-5,8-9H,3,6-7,10-13H2,1H3. The van der Waals surface area contributed by atoms with Gasteiger partial charge in [-0.1, -0.05) is 49.1 Å². The van der Waals surface area contributed by atoms with Crippen LogP contribution in [0.1, 0.15) is 49.8 Å². The predicted octanol–water partition coefficient (Wildman–Crippen LogP) is 4.04. The van der Waals surface area contributed by atoms with Crippen molar-refractivity contribution in [3.63, 3.8) is 0 Å². The van der Waals surface area contributed by atoms with Crippen LogP contribution < -0.4 is 0 Å². The van der Waals surface area contributed by atoms with Crippen molar-refractivity contribution in [2.24, 2.45) is 5.41 Å². The van der Waals surface area contributed by atoms with E-state index >= 15 is 0 Å². The van der Waals surface area contributed by atoms with Gasteiger partial charge in [-0.05, 0) is 31.9 Å². The summed E-state index contributed by atoms with van der Waals surface area (Å²) in [6.45, 7) is 2.07. The van der Waals surface area contributed by atoms with Gasteiger partial charge in [-0.25, -0.2) is 4.68 Å². The Hall–Kier alpha value is -2.14. The molecule has 1 aromatic carbocycles. The summed E-state index contributed by atoms with van der Waals surface area (Å²) in [5.41, 5.74) is 1.87. The zero-order valence-corrected chi connectivity index (χ0v) is 15.6. The minimum atomic E-state index is -0.467. The van der Waals surface area contributed by atoms with Crippen molar-refractivity contribution in [1.82, 2.24) is 14.7 Å². The lowest BCUT2D eigenvalue weighted by atomic mass is 9.73. The Morgan fingerprint density at radius 2 is 1.81 bits per heavy atom. The molecule has 2 heterocycles. The van der Waals surface area contributed by atoms with E-state index in [9.17, 15) is 9.59 Å². The zero-order chi connectivity index (χ0) is 18.3. The summed E-state index contributed by atoms with van der Waals surface area (Å²) in [4.78, 5) is 27.0. The first-order valence-electron chi connectivity index (χ1n) is 9.16. The van der Waals surface area contributed by atoms with E-state index in [2.05, 4.69) is 5.10 Å². The molecule has 5 nitrogen and oxygen atoms in total. The van der Waals surface area contributed by atoms with Crippen molar-refractivity contribution in [3.8, 4) is 5.69 Å². The molecular weight excluding hydrogens is 350 g/mol. The molecule has 1 saturated heterocycles. The molecule has 26 heavy (non-hydrogen) atoms. The van der Waals surface area contributed by atoms with Crippen molar-refractivity contribution in [1.29, 1.82) is 0 Å². The highest BCUT2D eigenvalue weighted by molar-refractivity contribution is 6.30. The van der Waals surface area contributed by atoms with Gasteiger partial charge < -0.3 is 0 Å². The fraction of sp³-hybridized carbons (Fsp3) is 0.450. The lowest BCUT2D eigenvalue weighted by Crippen LogP contribution is -2.36. The lowest BCUT2D eigenvalue weighted by molar-refractivity contribution is -0.142. The number of benzene rings is 1. The summed E-state index contributed by atoms with van der Waals surface area (Å²) < 4.78 is 1.66. The maximum absolute atomic E-state index is 13.0. The lowest BCUT2D eigenvalue weighted by Gasteiger charge is -2.30. The Kier molecular flexibility index (Phi) is 4.35. The highest BCUT2D eigenvalue weighted by atomic mass is 35.5. The predicted molar refractivity (Wildman–Crippen MR) is 99.0 cm³/mol. The van der Waals surface area contributed by atoms with Crippen LogP contribution in [0.2, 0.25) is 5.15 Å². The summed E-state index contributed by atoms with van der Waals surface area (Å²) in [7, 11) is 0. The van der Waals surface area contributed by atoms with Gasteiger partial charge in [0.2, 0.25) is 11.8 Å². The van der Waals surface area contributed by atoms with Crippen LogP contribution in [0, 0.1) is 12.3 Å². The number of halogens is 1. The molecule has 4 rings (SSSR count). The molecule has 0 unspecified atom stereocenters. The van der Waals surface area contributed by atoms with Crippen LogP contribution in [0.3, 0.4) is 0 Å². The molecule has 6 heteroatoms. The number of carbonyl (C=O) groups is 2. The molecule has 1 saturated carbocycles. The first kappa shape index (κ1) is 17.3. The van der Waals surface area contributed by atoms with Crippen molar-refractivity contribution in [3.05, 3.63) is 46.7 Å². The van der Waals surface area contributed by atoms with Crippen molar-refractivity contribution in [2.45, 2.75) is 52.0 Å². The maximum Gasteiger partial charge on any atom is 0.236 e. The number of rotatable bonds is 3. The third-order valence-electron chi connectivity index (χ3n) is 5.74. The number of imide groups is 1. The van der Waals surface area contributed by atoms with Crippen LogP contribution in [0.4, 0.5) is 0 Å². The minimum Gasteiger partial charge on any atom is -0.277 e. The van der Waals surface area contributed by atoms with Gasteiger partial charge in [-0.3, -0.25) is 14.5 Å². The second-order valence-electron chi connectivity index (χ2n) is 7.40. The Labute approximate surface area is 157 Å². The number of aryl methyl sites for hydroxylation is 1. The summed E-state index contributed by atoms with van der Waals surface area (Å²) >= 11 is 6.57. The minimum absolute atomic E-state index is 0.0230. The van der Waals surface area contributed by atoms with E-state index in [1.807, 2.05) is 37.3 Å². The molecule has 2 amide bonds. The molecular formula is C20H22ClN3O2. The molecule has 0 N–H and O–H groups in total. The van der Waals surface area contributed by atoms with Gasteiger partial charge in [0.05, 0.1) is 23.3 Å². The quantitative estimate of drug-likeness (QED) is 0.765. The average Bonchev–Trinajstić information content (AvgIpc) is 3.05. The van der Waals surface area contributed by atoms with Gasteiger partial charge in [0.15, 0.2) is 0 Å². The first-order chi connectivity index (χ1) is 12.5. The molecule has 1 aromatic heterocycles. The van der Waals surface area contributed by atoms with Gasteiger partial charge in [-0.2, -0.15) is 5.10 Å². The zero-order valence-electron chi connectivity index (χ0n) is 14.9. The SMILES string of the molecule is Cc1nn(-c2ccccc2)c(Cl)c1CN1C(=O)CC2(CCCCC2)C1=O. The highest BCUT2D eigenvalue weighted by Crippen LogP contribution is 2.46. The Morgan fingerprint density at radius 3 is 2.50 bits per heavy atom. The van der Waals surface area contributed by atoms with Crippen LogP contribution in [0.5, 0.6) is 0 Å². The number of para-hydroxylation sites is 1. The highest BCUT2D eigenvalue weighted by Gasteiger charge is 2.51. The van der Waals surface area contributed by atoms with Crippen LogP contribution in [0.15, 0.2) is 30.3 Å². The van der Waals surface area contributed by atoms with E-state index in [1.165, 1.54) is 4.90 Å². The number of aromatic nitrogens is 2. The molecule has 0 bridgehead atoms. The van der Waals surface area contributed by atoms with Crippen LogP contribution >= 0.6 is 11.6 Å². The van der Waals surface area contributed by atoms with E-state index in [-0.39, 0.29) is 18.4 Å². The molecule has 1 spiro atoms. The number of hydrogen-bond acceptors (Lipinski definition) is 3. The topological polar surface area (TPSA) is 55.2 Å². The molecule has 1 aliphatic carbocycles. The molecule has 1 aliphatic heterocycles. The van der Waals surface area contributed by atoms with E-state index in [0.717, 1.165) is 49.0 Å². The number of carbonyl (C=O) groups excluding carboxylic acids is 2. The van der Waals surface area contributed by atoms with E-state index in [4.69, 9.17) is 11.6 Å². The van der Waals surface area contributed by atoms with E-state index in [0.29, 0.717) is 11.6 Å². The number of nitrogens with zero attached hydrogens (tertiary/aromatic N) is 3. The summed E-state index contributed by atoms with van der Waals surface area (Å²) in [6, 6.07) is 9.61. The smallest absolute Gasteiger partial charge is 0.236 e. The number of amides is 2. The molecule has 0 radical (unpaired) electrons. The van der Waals surface area contributed by atoms with Crippen molar-refractivity contribution in [2.75, 3.05) is 0 Å². The molecule has 0 atom stereocenters. The van der Waals surface area contributed by atoms with Gasteiger partial charge in [-0.15, -0.1) is 0 Å². The van der Waals surface area contributed by atoms with Crippen molar-refractivity contribution < 1.29 is 9.59 Å². The Morgan fingerprint density at radius 1 is 1.12 bits per heavy atom. The summed E-state index contributed by atoms with van der Waals surface area (Å²) in [5, 5.41) is 4.97. The second kappa shape index (κ2) is 6.54.